The minimum atomic E-state index is -3.73. The Balaban J connectivity index is 0.000000220. The summed E-state index contributed by atoms with van der Waals surface area (Å²) in [6.07, 6.45) is -0.113. The first-order chi connectivity index (χ1) is 47.2. The van der Waals surface area contributed by atoms with Crippen molar-refractivity contribution in [3.63, 3.8) is 0 Å². The predicted octanol–water partition coefficient (Wildman–Crippen LogP) is 7.85. The number of carboxylic acid groups (broad SMARTS) is 1. The maximum atomic E-state index is 13.1. The Kier molecular flexibility index (Phi) is 30.0. The summed E-state index contributed by atoms with van der Waals surface area (Å²) >= 11 is 0. The molecule has 28 heteroatoms. The van der Waals surface area contributed by atoms with Crippen LogP contribution in [0.15, 0.2) is 124 Å². The van der Waals surface area contributed by atoms with Gasteiger partial charge in [0.25, 0.3) is 0 Å². The van der Waals surface area contributed by atoms with Crippen molar-refractivity contribution in [3.8, 4) is 17.2 Å². The molecule has 3 fully saturated rings. The van der Waals surface area contributed by atoms with E-state index in [2.05, 4.69) is 73.3 Å². The quantitative estimate of drug-likeness (QED) is 0.0444. The number of carbonyl (C=O) groups is 3. The fraction of sp³-hybridized carbons (Fsp3) is 0.458. The van der Waals surface area contributed by atoms with Crippen LogP contribution < -0.4 is 45.3 Å². The number of methoxy groups -OCH3 is 3. The number of aliphatic carboxylic acids is 1. The number of rotatable bonds is 23. The summed E-state index contributed by atoms with van der Waals surface area (Å²) in [6, 6.07) is 33.8. The van der Waals surface area contributed by atoms with Gasteiger partial charge in [-0.25, -0.2) is 38.2 Å². The number of aryl methyl sites for hydroxylation is 6. The van der Waals surface area contributed by atoms with Gasteiger partial charge in [0.2, 0.25) is 41.9 Å². The normalized spacial score (nSPS) is 14.8. The molecule has 0 spiro atoms. The van der Waals surface area contributed by atoms with E-state index >= 15 is 0 Å². The molecule has 3 saturated heterocycles. The van der Waals surface area contributed by atoms with E-state index < -0.39 is 36.0 Å². The Labute approximate surface area is 593 Å². The Hall–Kier alpha value is -8.06. The topological polar surface area (TPSA) is 281 Å². The molecule has 9 rings (SSSR count). The van der Waals surface area contributed by atoms with E-state index in [1.54, 1.807) is 92.2 Å². The second-order valence-corrected chi connectivity index (χ2v) is 31.5. The number of amides is 2. The summed E-state index contributed by atoms with van der Waals surface area (Å²) in [4.78, 5) is 50.2. The number of carbonyl (C=O) groups excluding carboxylic acids is 2. The molecule has 25 nitrogen and oxygen atoms in total. The third-order valence-electron chi connectivity index (χ3n) is 17.8. The third kappa shape index (κ3) is 22.7. The highest BCUT2D eigenvalue weighted by Gasteiger charge is 2.29. The van der Waals surface area contributed by atoms with Crippen LogP contribution in [0.4, 0.5) is 34.1 Å². The molecule has 548 valence electrons. The van der Waals surface area contributed by atoms with Crippen molar-refractivity contribution in [1.29, 1.82) is 0 Å². The first kappa shape index (κ1) is 80.9. The number of ether oxygens (including phenoxy) is 3. The van der Waals surface area contributed by atoms with Crippen LogP contribution >= 0.6 is 0 Å². The number of hydrogen-bond acceptors (Lipinski definition) is 19. The van der Waals surface area contributed by atoms with Gasteiger partial charge in [-0.05, 0) is 205 Å². The molecule has 3 aliphatic rings. The Morgan fingerprint density at radius 1 is 0.410 bits per heavy atom. The van der Waals surface area contributed by atoms with Crippen molar-refractivity contribution >= 4 is 82.0 Å². The number of sulfonamides is 3. The van der Waals surface area contributed by atoms with Crippen LogP contribution in [0.1, 0.15) is 52.6 Å². The highest BCUT2D eigenvalue weighted by Crippen LogP contribution is 2.32. The van der Waals surface area contributed by atoms with Gasteiger partial charge in [-0.3, -0.25) is 14.4 Å². The molecule has 3 heterocycles. The molecule has 0 unspecified atom stereocenters. The van der Waals surface area contributed by atoms with Gasteiger partial charge in [0, 0.05) is 166 Å². The zero-order valence-electron chi connectivity index (χ0n) is 60.8. The zero-order valence-corrected chi connectivity index (χ0v) is 63.2. The Bertz CT molecular complexity index is 3810. The summed E-state index contributed by atoms with van der Waals surface area (Å²) in [5.41, 5.74) is 15.0. The maximum Gasteiger partial charge on any atom is 0.304 e. The van der Waals surface area contributed by atoms with Gasteiger partial charge in [-0.2, -0.15) is 0 Å². The lowest BCUT2D eigenvalue weighted by molar-refractivity contribution is -0.137. The molecular weight excluding hydrogens is 1340 g/mol. The van der Waals surface area contributed by atoms with Crippen molar-refractivity contribution in [2.24, 2.45) is 0 Å². The van der Waals surface area contributed by atoms with Crippen LogP contribution in [-0.4, -0.2) is 238 Å². The summed E-state index contributed by atoms with van der Waals surface area (Å²) in [7, 11) is 4.23. The number of likely N-dealkylation sites (N-methyl/N-ethyl adjacent to an activating group) is 3. The van der Waals surface area contributed by atoms with Crippen molar-refractivity contribution in [2.45, 2.75) is 75.5 Å². The molecular formula is C72H104N12O13S3. The van der Waals surface area contributed by atoms with Gasteiger partial charge < -0.3 is 65.1 Å². The predicted molar refractivity (Wildman–Crippen MR) is 398 cm³/mol. The van der Waals surface area contributed by atoms with Crippen molar-refractivity contribution in [1.82, 2.24) is 27.6 Å². The van der Waals surface area contributed by atoms with Crippen LogP contribution in [-0.2, 0) is 44.5 Å². The van der Waals surface area contributed by atoms with Crippen LogP contribution in [0.5, 0.6) is 17.2 Å². The van der Waals surface area contributed by atoms with Gasteiger partial charge in [-0.1, -0.05) is 0 Å². The van der Waals surface area contributed by atoms with Crippen molar-refractivity contribution in [3.05, 3.63) is 143 Å². The molecule has 0 radical (unpaired) electrons. The van der Waals surface area contributed by atoms with E-state index in [1.807, 2.05) is 60.7 Å². The highest BCUT2D eigenvalue weighted by atomic mass is 32.2. The number of benzene rings is 6. The SMILES string of the molecule is CN1CCN(c2ccc(N)cc2)CC1.COc1cc(C)c(S(=O)(=O)N(C)CCC(=O)Nc2ccc(N3CCN(C)CC3)cc2)c(C)c1.COc1cc(C)c(S(=O)(=O)N(C)CCC(=O)Nc2ccc(N3CCN(C)CC3)cc2)c(C)c1.COc1cc(C)c(S(=O)(=O)N(C)CCC(=O)O)c(C)c1. The minimum Gasteiger partial charge on any atom is -0.497 e. The maximum absolute atomic E-state index is 13.1. The first-order valence-electron chi connectivity index (χ1n) is 33.2. The first-order valence-corrected chi connectivity index (χ1v) is 37.5. The molecule has 5 N–H and O–H groups in total. The number of piperazine rings is 3. The van der Waals surface area contributed by atoms with E-state index in [9.17, 15) is 39.6 Å². The van der Waals surface area contributed by atoms with Crippen molar-refractivity contribution in [2.75, 3.05) is 193 Å². The number of nitrogens with two attached hydrogens (primary N) is 1. The number of nitrogens with one attached hydrogen (secondary N) is 2. The summed E-state index contributed by atoms with van der Waals surface area (Å²) in [6.45, 7) is 23.0. The average molecular weight is 1440 g/mol. The van der Waals surface area contributed by atoms with Gasteiger partial charge >= 0.3 is 5.97 Å². The van der Waals surface area contributed by atoms with Gasteiger partial charge in [-0.15, -0.1) is 0 Å². The van der Waals surface area contributed by atoms with Crippen LogP contribution in [0.3, 0.4) is 0 Å². The molecule has 6 aromatic rings. The van der Waals surface area contributed by atoms with Crippen LogP contribution in [0.2, 0.25) is 0 Å². The lowest BCUT2D eigenvalue weighted by atomic mass is 10.1. The van der Waals surface area contributed by atoms with E-state index in [1.165, 1.54) is 42.6 Å². The molecule has 2 amide bonds. The molecule has 6 aromatic carbocycles. The zero-order chi connectivity index (χ0) is 73.8. The smallest absolute Gasteiger partial charge is 0.304 e. The molecule has 0 atom stereocenters. The minimum absolute atomic E-state index is 0.0597. The van der Waals surface area contributed by atoms with Crippen LogP contribution in [0.25, 0.3) is 0 Å². The molecule has 0 aromatic heterocycles. The Morgan fingerprint density at radius 2 is 0.640 bits per heavy atom. The van der Waals surface area contributed by atoms with Gasteiger partial charge in [0.15, 0.2) is 0 Å². The summed E-state index contributed by atoms with van der Waals surface area (Å²) in [5.74, 6) is 0.330. The molecule has 0 bridgehead atoms. The lowest BCUT2D eigenvalue weighted by Crippen LogP contribution is -2.44. The molecule has 3 aliphatic heterocycles. The number of nitrogen functional groups attached to an aromatic ring is 1. The summed E-state index contributed by atoms with van der Waals surface area (Å²) < 4.78 is 96.4. The second-order valence-electron chi connectivity index (χ2n) is 25.5. The van der Waals surface area contributed by atoms with Crippen LogP contribution in [0, 0.1) is 41.5 Å². The van der Waals surface area contributed by atoms with E-state index in [-0.39, 0.29) is 65.4 Å². The second kappa shape index (κ2) is 37.0. The number of carboxylic acids is 1. The standard InChI is InChI=1S/2C24H34N4O4S.C13H19NO5S.C11H17N3/c2*1-18-16-22(32-5)17-19(2)24(18)33(30,31)27(4)11-10-23(29)25-20-6-8-21(9-7-20)28-14-12-26(3)13-15-28;1-9-7-11(19-4)8-10(2)13(9)20(17,18)14(3)6-5-12(15)16;1-13-6-8-14(9-7-13)11-4-2-10(12)3-5-11/h2*6-9,16-17H,10-15H2,1-5H3,(H,25,29);7-8H,5-6H2,1-4H3,(H,15,16);2-5H,6-9,12H2,1H3. The fourth-order valence-corrected chi connectivity index (χ4v) is 16.5. The number of nitrogens with zero attached hydrogens (tertiary/aromatic N) is 9. The van der Waals surface area contributed by atoms with Gasteiger partial charge in [0.05, 0.1) is 42.4 Å². The molecule has 0 aliphatic carbocycles. The Morgan fingerprint density at radius 3 is 0.870 bits per heavy atom. The van der Waals surface area contributed by atoms with E-state index in [4.69, 9.17) is 25.1 Å². The number of hydrogen-bond donors (Lipinski definition) is 4. The number of anilines is 6. The monoisotopic (exact) mass is 1440 g/mol. The van der Waals surface area contributed by atoms with Gasteiger partial charge in [0.1, 0.15) is 17.2 Å². The molecule has 100 heavy (non-hydrogen) atoms. The van der Waals surface area contributed by atoms with E-state index in [0.29, 0.717) is 62.0 Å². The molecule has 0 saturated carbocycles. The average Bonchev–Trinajstić information content (AvgIpc) is 0.796. The van der Waals surface area contributed by atoms with E-state index in [0.717, 1.165) is 99.9 Å². The highest BCUT2D eigenvalue weighted by molar-refractivity contribution is 7.89. The largest absolute Gasteiger partial charge is 0.497 e. The third-order valence-corrected chi connectivity index (χ3v) is 24.3. The van der Waals surface area contributed by atoms with Crippen molar-refractivity contribution < 1.29 is 59.0 Å². The lowest BCUT2D eigenvalue weighted by Gasteiger charge is -2.34. The fourth-order valence-electron chi connectivity index (χ4n) is 11.7. The summed E-state index contributed by atoms with van der Waals surface area (Å²) in [5, 5.41) is 14.4.